The first-order valence-electron chi connectivity index (χ1n) is 5.15. The quantitative estimate of drug-likeness (QED) is 0.444. The second-order valence-electron chi connectivity index (χ2n) is 3.84. The van der Waals surface area contributed by atoms with Crippen molar-refractivity contribution in [1.29, 1.82) is 0 Å². The highest BCUT2D eigenvalue weighted by Crippen LogP contribution is 2.29. The molecule has 76 valence electrons. The van der Waals surface area contributed by atoms with Crippen LogP contribution in [0.4, 0.5) is 0 Å². The third kappa shape index (κ3) is 0.810. The van der Waals surface area contributed by atoms with E-state index in [0.717, 1.165) is 21.9 Å². The summed E-state index contributed by atoms with van der Waals surface area (Å²) in [6, 6.07) is 8.27. The van der Waals surface area contributed by atoms with Gasteiger partial charge in [0.05, 0.1) is 17.2 Å². The van der Waals surface area contributed by atoms with Gasteiger partial charge in [-0.2, -0.15) is 0 Å². The molecule has 0 unspecified atom stereocenters. The van der Waals surface area contributed by atoms with Crippen molar-refractivity contribution in [2.45, 2.75) is 0 Å². The van der Waals surface area contributed by atoms with Gasteiger partial charge in [-0.25, -0.2) is 4.98 Å². The predicted octanol–water partition coefficient (Wildman–Crippen LogP) is 3.23. The molecular weight excluding hydrogens is 200 g/mol. The molecule has 0 aliphatic heterocycles. The number of fused-ring (bicyclic) bond motifs is 6. The van der Waals surface area contributed by atoms with Crippen molar-refractivity contribution in [2.75, 3.05) is 0 Å². The van der Waals surface area contributed by atoms with Crippen LogP contribution < -0.4 is 0 Å². The molecule has 4 rings (SSSR count). The minimum Gasteiger partial charge on any atom is -0.471 e. The van der Waals surface area contributed by atoms with Gasteiger partial charge in [0.15, 0.2) is 0 Å². The largest absolute Gasteiger partial charge is 0.471 e. The molecular formula is C13H8N2O. The Morgan fingerprint density at radius 3 is 2.88 bits per heavy atom. The molecule has 3 heteroatoms. The van der Waals surface area contributed by atoms with Crippen LogP contribution in [0, 0.1) is 0 Å². The van der Waals surface area contributed by atoms with E-state index in [4.69, 9.17) is 4.42 Å². The average molecular weight is 208 g/mol. The van der Waals surface area contributed by atoms with E-state index in [1.54, 1.807) is 12.5 Å². The van der Waals surface area contributed by atoms with E-state index < -0.39 is 0 Å². The zero-order valence-corrected chi connectivity index (χ0v) is 8.42. The second-order valence-corrected chi connectivity index (χ2v) is 3.84. The third-order valence-corrected chi connectivity index (χ3v) is 3.00. The van der Waals surface area contributed by atoms with E-state index in [-0.39, 0.29) is 0 Å². The van der Waals surface area contributed by atoms with Gasteiger partial charge in [0, 0.05) is 23.2 Å². The van der Waals surface area contributed by atoms with Crippen molar-refractivity contribution in [3.63, 3.8) is 0 Å². The number of pyridine rings is 1. The number of hydrogen-bond acceptors (Lipinski definition) is 2. The molecule has 0 saturated heterocycles. The predicted molar refractivity (Wildman–Crippen MR) is 62.5 cm³/mol. The maximum Gasteiger partial charge on any atom is 0.148 e. The summed E-state index contributed by atoms with van der Waals surface area (Å²) in [6.07, 6.45) is 7.33. The number of rotatable bonds is 0. The molecule has 0 spiro atoms. The molecule has 3 heterocycles. The Morgan fingerprint density at radius 2 is 1.88 bits per heavy atom. The van der Waals surface area contributed by atoms with Crippen molar-refractivity contribution >= 4 is 27.3 Å². The smallest absolute Gasteiger partial charge is 0.148 e. The molecule has 3 nitrogen and oxygen atoms in total. The Bertz CT molecular complexity index is 741. The molecule has 0 N–H and O–H groups in total. The van der Waals surface area contributed by atoms with Crippen LogP contribution in [0.1, 0.15) is 0 Å². The summed E-state index contributed by atoms with van der Waals surface area (Å²) in [5.41, 5.74) is 2.10. The van der Waals surface area contributed by atoms with Gasteiger partial charge in [-0.05, 0) is 6.07 Å². The molecule has 0 atom stereocenters. The van der Waals surface area contributed by atoms with Crippen molar-refractivity contribution in [3.05, 3.63) is 49.2 Å². The number of benzene rings is 1. The summed E-state index contributed by atoms with van der Waals surface area (Å²) in [6.45, 7) is 0. The van der Waals surface area contributed by atoms with Crippen LogP contribution in [0.15, 0.2) is 53.6 Å². The Balaban J connectivity index is 2.51. The summed E-state index contributed by atoms with van der Waals surface area (Å²) >= 11 is 0. The first-order chi connectivity index (χ1) is 7.95. The van der Waals surface area contributed by atoms with Crippen LogP contribution in [0.2, 0.25) is 0 Å². The Kier molecular flexibility index (Phi) is 1.31. The zero-order valence-electron chi connectivity index (χ0n) is 8.42. The van der Waals surface area contributed by atoms with Gasteiger partial charge in [-0.1, -0.05) is 18.2 Å². The van der Waals surface area contributed by atoms with E-state index >= 15 is 0 Å². The van der Waals surface area contributed by atoms with Gasteiger partial charge < -0.3 is 4.42 Å². The number of hydrogen-bond donors (Lipinski definition) is 0. The second kappa shape index (κ2) is 2.64. The Hall–Kier alpha value is -2.29. The van der Waals surface area contributed by atoms with Gasteiger partial charge in [-0.3, -0.25) is 4.40 Å². The number of aromatic nitrogens is 2. The lowest BCUT2D eigenvalue weighted by Gasteiger charge is -2.03. The molecule has 1 aromatic carbocycles. The van der Waals surface area contributed by atoms with E-state index in [1.807, 2.05) is 24.5 Å². The lowest BCUT2D eigenvalue weighted by atomic mass is 10.1. The van der Waals surface area contributed by atoms with Gasteiger partial charge in [0.2, 0.25) is 0 Å². The zero-order chi connectivity index (χ0) is 10.5. The van der Waals surface area contributed by atoms with Gasteiger partial charge in [0.1, 0.15) is 11.9 Å². The molecule has 3 aromatic heterocycles. The summed E-state index contributed by atoms with van der Waals surface area (Å²) in [5, 5.41) is 3.37. The minimum atomic E-state index is 0.947. The fourth-order valence-electron chi connectivity index (χ4n) is 2.29. The highest BCUT2D eigenvalue weighted by molar-refractivity contribution is 6.11. The molecule has 0 aliphatic carbocycles. The lowest BCUT2D eigenvalue weighted by molar-refractivity contribution is 0.572. The first kappa shape index (κ1) is 7.93. The van der Waals surface area contributed by atoms with Crippen molar-refractivity contribution in [2.24, 2.45) is 0 Å². The Morgan fingerprint density at radius 1 is 1.00 bits per heavy atom. The van der Waals surface area contributed by atoms with Crippen LogP contribution in [0.25, 0.3) is 27.3 Å². The molecule has 4 aromatic rings. The Labute approximate surface area is 90.9 Å². The number of para-hydroxylation sites is 1. The van der Waals surface area contributed by atoms with E-state index in [2.05, 4.69) is 21.5 Å². The molecule has 0 aliphatic rings. The van der Waals surface area contributed by atoms with Gasteiger partial charge >= 0.3 is 0 Å². The molecule has 0 radical (unpaired) electrons. The number of furan rings is 1. The SMILES string of the molecule is c1ccc2c(c1)c1cocc1c1nccn21. The number of imidazole rings is 1. The monoisotopic (exact) mass is 208 g/mol. The number of nitrogens with zero attached hydrogens (tertiary/aromatic N) is 2. The topological polar surface area (TPSA) is 30.4 Å². The maximum atomic E-state index is 5.30. The molecule has 0 bridgehead atoms. The van der Waals surface area contributed by atoms with E-state index in [9.17, 15) is 0 Å². The standard InChI is InChI=1S/C13H8N2O/c1-2-4-12-9(3-1)10-7-16-8-11(10)13-14-5-6-15(12)13/h1-8H. The summed E-state index contributed by atoms with van der Waals surface area (Å²) in [7, 11) is 0. The van der Waals surface area contributed by atoms with Crippen LogP contribution >= 0.6 is 0 Å². The summed E-state index contributed by atoms with van der Waals surface area (Å²) < 4.78 is 7.39. The fourth-order valence-corrected chi connectivity index (χ4v) is 2.29. The van der Waals surface area contributed by atoms with Crippen molar-refractivity contribution in [3.8, 4) is 0 Å². The van der Waals surface area contributed by atoms with Crippen LogP contribution in [0.5, 0.6) is 0 Å². The molecule has 0 saturated carbocycles. The lowest BCUT2D eigenvalue weighted by Crippen LogP contribution is -1.87. The summed E-state index contributed by atoms with van der Waals surface area (Å²) in [4.78, 5) is 4.37. The maximum absolute atomic E-state index is 5.30. The van der Waals surface area contributed by atoms with Crippen LogP contribution in [-0.4, -0.2) is 9.38 Å². The third-order valence-electron chi connectivity index (χ3n) is 3.00. The van der Waals surface area contributed by atoms with Crippen LogP contribution in [0.3, 0.4) is 0 Å². The van der Waals surface area contributed by atoms with Crippen LogP contribution in [-0.2, 0) is 0 Å². The summed E-state index contributed by atoms with van der Waals surface area (Å²) in [5.74, 6) is 0. The molecule has 16 heavy (non-hydrogen) atoms. The highest BCUT2D eigenvalue weighted by Gasteiger charge is 2.09. The molecule has 0 amide bonds. The van der Waals surface area contributed by atoms with Crippen molar-refractivity contribution in [1.82, 2.24) is 9.38 Å². The first-order valence-corrected chi connectivity index (χ1v) is 5.15. The minimum absolute atomic E-state index is 0.947. The molecule has 0 fully saturated rings. The van der Waals surface area contributed by atoms with E-state index in [1.165, 1.54) is 5.39 Å². The van der Waals surface area contributed by atoms with Crippen molar-refractivity contribution < 1.29 is 4.42 Å². The normalized spacial score (nSPS) is 11.8. The van der Waals surface area contributed by atoms with E-state index in [0.29, 0.717) is 0 Å². The van der Waals surface area contributed by atoms with Gasteiger partial charge in [0.25, 0.3) is 0 Å². The fraction of sp³-hybridized carbons (Fsp3) is 0. The average Bonchev–Trinajstić information content (AvgIpc) is 2.98. The van der Waals surface area contributed by atoms with Gasteiger partial charge in [-0.15, -0.1) is 0 Å². The highest BCUT2D eigenvalue weighted by atomic mass is 16.3.